The number of carbonyl (C=O) groups is 1. The van der Waals surface area contributed by atoms with Gasteiger partial charge in [-0.05, 0) is 42.8 Å². The van der Waals surface area contributed by atoms with Gasteiger partial charge in [-0.25, -0.2) is 0 Å². The number of nitrogens with zero attached hydrogens (tertiary/aromatic N) is 1. The Balaban J connectivity index is 1.95. The summed E-state index contributed by atoms with van der Waals surface area (Å²) in [7, 11) is 0. The molecule has 1 unspecified atom stereocenters. The molecule has 1 aromatic carbocycles. The zero-order valence-corrected chi connectivity index (χ0v) is 11.2. The standard InChI is InChI=1S/C15H17N3O2/c1-11(12-3-2-8-17-9-12)18-13-4-6-14(7-5-13)20-10-15(16)19/h2-9,11,18H,10H2,1H3,(H2,16,19). The molecule has 0 fully saturated rings. The van der Waals surface area contributed by atoms with Crippen molar-refractivity contribution in [2.45, 2.75) is 13.0 Å². The lowest BCUT2D eigenvalue weighted by Crippen LogP contribution is -2.19. The number of aromatic nitrogens is 1. The molecule has 2 rings (SSSR count). The van der Waals surface area contributed by atoms with Crippen LogP contribution in [0.2, 0.25) is 0 Å². The van der Waals surface area contributed by atoms with Crippen LogP contribution in [0.4, 0.5) is 5.69 Å². The van der Waals surface area contributed by atoms with Crippen LogP contribution in [0.15, 0.2) is 48.8 Å². The van der Waals surface area contributed by atoms with Crippen molar-refractivity contribution in [2.24, 2.45) is 5.73 Å². The van der Waals surface area contributed by atoms with Crippen molar-refractivity contribution in [3.05, 3.63) is 54.4 Å². The summed E-state index contributed by atoms with van der Waals surface area (Å²) in [5, 5.41) is 3.36. The number of pyridine rings is 1. The highest BCUT2D eigenvalue weighted by Crippen LogP contribution is 2.21. The van der Waals surface area contributed by atoms with Gasteiger partial charge in [-0.1, -0.05) is 6.07 Å². The third-order valence-electron chi connectivity index (χ3n) is 2.80. The van der Waals surface area contributed by atoms with Crippen molar-refractivity contribution >= 4 is 11.6 Å². The Morgan fingerprint density at radius 2 is 2.10 bits per heavy atom. The second-order valence-electron chi connectivity index (χ2n) is 4.43. The van der Waals surface area contributed by atoms with Crippen molar-refractivity contribution in [1.29, 1.82) is 0 Å². The quantitative estimate of drug-likeness (QED) is 0.843. The molecule has 5 nitrogen and oxygen atoms in total. The molecule has 0 saturated carbocycles. The highest BCUT2D eigenvalue weighted by Gasteiger charge is 2.05. The first-order valence-electron chi connectivity index (χ1n) is 6.33. The average Bonchev–Trinajstić information content (AvgIpc) is 2.47. The highest BCUT2D eigenvalue weighted by molar-refractivity contribution is 5.75. The maximum absolute atomic E-state index is 10.6. The number of benzene rings is 1. The van der Waals surface area contributed by atoms with Gasteiger partial charge in [-0.3, -0.25) is 9.78 Å². The molecule has 0 radical (unpaired) electrons. The Morgan fingerprint density at radius 1 is 1.35 bits per heavy atom. The minimum atomic E-state index is -0.489. The topological polar surface area (TPSA) is 77.2 Å². The zero-order chi connectivity index (χ0) is 14.4. The van der Waals surface area contributed by atoms with Crippen molar-refractivity contribution in [3.63, 3.8) is 0 Å². The number of ether oxygens (including phenoxy) is 1. The first-order chi connectivity index (χ1) is 9.65. The first-order valence-corrected chi connectivity index (χ1v) is 6.33. The summed E-state index contributed by atoms with van der Waals surface area (Å²) < 4.78 is 5.20. The van der Waals surface area contributed by atoms with Crippen molar-refractivity contribution in [1.82, 2.24) is 4.98 Å². The second-order valence-corrected chi connectivity index (χ2v) is 4.43. The van der Waals surface area contributed by atoms with E-state index in [2.05, 4.69) is 17.2 Å². The molecule has 5 heteroatoms. The number of rotatable bonds is 6. The summed E-state index contributed by atoms with van der Waals surface area (Å²) in [6.07, 6.45) is 3.59. The molecule has 0 aliphatic rings. The van der Waals surface area contributed by atoms with Crippen LogP contribution in [-0.4, -0.2) is 17.5 Å². The largest absolute Gasteiger partial charge is 0.484 e. The molecule has 3 N–H and O–H groups in total. The van der Waals surface area contributed by atoms with Crippen LogP contribution in [0.1, 0.15) is 18.5 Å². The van der Waals surface area contributed by atoms with E-state index in [0.717, 1.165) is 11.3 Å². The highest BCUT2D eigenvalue weighted by atomic mass is 16.5. The van der Waals surface area contributed by atoms with Gasteiger partial charge in [0.05, 0.1) is 6.04 Å². The number of hydrogen-bond acceptors (Lipinski definition) is 4. The number of primary amides is 1. The number of carbonyl (C=O) groups excluding carboxylic acids is 1. The van der Waals surface area contributed by atoms with Crippen LogP contribution < -0.4 is 15.8 Å². The van der Waals surface area contributed by atoms with Crippen LogP contribution in [0.5, 0.6) is 5.75 Å². The van der Waals surface area contributed by atoms with E-state index in [4.69, 9.17) is 10.5 Å². The number of amides is 1. The summed E-state index contributed by atoms with van der Waals surface area (Å²) in [5.41, 5.74) is 7.10. The molecule has 20 heavy (non-hydrogen) atoms. The fourth-order valence-corrected chi connectivity index (χ4v) is 1.77. The molecule has 1 amide bonds. The van der Waals surface area contributed by atoms with Crippen molar-refractivity contribution < 1.29 is 9.53 Å². The van der Waals surface area contributed by atoms with Gasteiger partial charge in [-0.15, -0.1) is 0 Å². The Hall–Kier alpha value is -2.56. The van der Waals surface area contributed by atoms with Crippen LogP contribution in [0.25, 0.3) is 0 Å². The SMILES string of the molecule is CC(Nc1ccc(OCC(N)=O)cc1)c1cccnc1. The van der Waals surface area contributed by atoms with Gasteiger partial charge in [0.2, 0.25) is 0 Å². The van der Waals surface area contributed by atoms with Crippen LogP contribution >= 0.6 is 0 Å². The molecule has 2 aromatic rings. The van der Waals surface area contributed by atoms with Gasteiger partial charge >= 0.3 is 0 Å². The van der Waals surface area contributed by atoms with Crippen LogP contribution in [0, 0.1) is 0 Å². The number of nitrogens with two attached hydrogens (primary N) is 1. The molecule has 0 aliphatic heterocycles. The monoisotopic (exact) mass is 271 g/mol. The van der Waals surface area contributed by atoms with Crippen LogP contribution in [0.3, 0.4) is 0 Å². The normalized spacial score (nSPS) is 11.7. The van der Waals surface area contributed by atoms with Gasteiger partial charge < -0.3 is 15.8 Å². The maximum Gasteiger partial charge on any atom is 0.255 e. The predicted octanol–water partition coefficient (Wildman–Crippen LogP) is 2.12. The van der Waals surface area contributed by atoms with Crippen molar-refractivity contribution in [2.75, 3.05) is 11.9 Å². The summed E-state index contributed by atoms with van der Waals surface area (Å²) in [6.45, 7) is 1.95. The molecule has 0 saturated heterocycles. The Kier molecular flexibility index (Phi) is 4.55. The lowest BCUT2D eigenvalue weighted by atomic mass is 10.1. The smallest absolute Gasteiger partial charge is 0.255 e. The van der Waals surface area contributed by atoms with E-state index < -0.39 is 5.91 Å². The number of hydrogen-bond donors (Lipinski definition) is 2. The van der Waals surface area contributed by atoms with E-state index in [1.54, 1.807) is 18.3 Å². The fraction of sp³-hybridized carbons (Fsp3) is 0.200. The molecule has 0 aliphatic carbocycles. The molecule has 1 heterocycles. The third kappa shape index (κ3) is 3.98. The summed E-state index contributed by atoms with van der Waals surface area (Å²) in [6, 6.07) is 11.5. The lowest BCUT2D eigenvalue weighted by Gasteiger charge is -2.15. The van der Waals surface area contributed by atoms with E-state index >= 15 is 0 Å². The lowest BCUT2D eigenvalue weighted by molar-refractivity contribution is -0.119. The van der Waals surface area contributed by atoms with E-state index in [9.17, 15) is 4.79 Å². The molecule has 1 aromatic heterocycles. The van der Waals surface area contributed by atoms with Gasteiger partial charge in [0.15, 0.2) is 6.61 Å². The maximum atomic E-state index is 10.6. The zero-order valence-electron chi connectivity index (χ0n) is 11.2. The Labute approximate surface area is 117 Å². The molecular formula is C15H17N3O2. The third-order valence-corrected chi connectivity index (χ3v) is 2.80. The van der Waals surface area contributed by atoms with E-state index in [1.807, 2.05) is 30.5 Å². The molecule has 0 bridgehead atoms. The fourth-order valence-electron chi connectivity index (χ4n) is 1.77. The number of anilines is 1. The first kappa shape index (κ1) is 13.9. The molecule has 0 spiro atoms. The van der Waals surface area contributed by atoms with Gasteiger partial charge in [0, 0.05) is 18.1 Å². The van der Waals surface area contributed by atoms with Gasteiger partial charge in [0.25, 0.3) is 5.91 Å². The summed E-state index contributed by atoms with van der Waals surface area (Å²) in [5.74, 6) is 0.126. The van der Waals surface area contributed by atoms with Crippen LogP contribution in [-0.2, 0) is 4.79 Å². The number of nitrogens with one attached hydrogen (secondary N) is 1. The average molecular weight is 271 g/mol. The second kappa shape index (κ2) is 6.56. The van der Waals surface area contributed by atoms with E-state index in [1.165, 1.54) is 0 Å². The van der Waals surface area contributed by atoms with Gasteiger partial charge in [0.1, 0.15) is 5.75 Å². The molecular weight excluding hydrogens is 254 g/mol. The summed E-state index contributed by atoms with van der Waals surface area (Å²) in [4.78, 5) is 14.7. The minimum absolute atomic E-state index is 0.112. The molecule has 104 valence electrons. The summed E-state index contributed by atoms with van der Waals surface area (Å²) >= 11 is 0. The minimum Gasteiger partial charge on any atom is -0.484 e. The van der Waals surface area contributed by atoms with E-state index in [0.29, 0.717) is 5.75 Å². The molecule has 1 atom stereocenters. The predicted molar refractivity (Wildman–Crippen MR) is 77.4 cm³/mol. The van der Waals surface area contributed by atoms with E-state index in [-0.39, 0.29) is 12.6 Å². The Morgan fingerprint density at radius 3 is 2.70 bits per heavy atom. The van der Waals surface area contributed by atoms with Gasteiger partial charge in [-0.2, -0.15) is 0 Å². The Bertz CT molecular complexity index is 555. The van der Waals surface area contributed by atoms with Crippen molar-refractivity contribution in [3.8, 4) is 5.75 Å².